The van der Waals surface area contributed by atoms with Crippen LogP contribution in [0.1, 0.15) is 139 Å². The molecule has 1 heterocycles. The van der Waals surface area contributed by atoms with Gasteiger partial charge in [-0.05, 0) is 310 Å². The van der Waals surface area contributed by atoms with Gasteiger partial charge in [-0.15, -0.1) is 11.6 Å². The molecule has 11 nitrogen and oxygen atoms in total. The second-order valence-electron chi connectivity index (χ2n) is 33.4. The van der Waals surface area contributed by atoms with Crippen LogP contribution in [0.5, 0.6) is 0 Å². The molecule has 8 aliphatic carbocycles. The number of nitrogens with one attached hydrogen (secondary N) is 1. The molecular formula is C76H37Cl2NO10. The molecule has 0 radical (unpaired) electrons. The number of benzene rings is 15. The van der Waals surface area contributed by atoms with E-state index in [1.54, 1.807) is 0 Å². The van der Waals surface area contributed by atoms with Gasteiger partial charge in [0.2, 0.25) is 17.0 Å². The Labute approximate surface area is 506 Å². The summed E-state index contributed by atoms with van der Waals surface area (Å²) < 4.78 is 8.78. The Morgan fingerprint density at radius 3 is 0.989 bits per heavy atom. The molecule has 0 saturated heterocycles. The Hall–Kier alpha value is -7.36. The molecule has 30 rings (SSSR count). The lowest BCUT2D eigenvalue weighted by Crippen LogP contribution is -2.75. The van der Waals surface area contributed by atoms with E-state index in [0.29, 0.717) is 33.4 Å². The fourth-order valence-corrected chi connectivity index (χ4v) is 25.8. The molecule has 21 aromatic rings. The summed E-state index contributed by atoms with van der Waals surface area (Å²) in [5.41, 5.74) is -2.71. The summed E-state index contributed by atoms with van der Waals surface area (Å²) in [6, 6.07) is 0. The Morgan fingerprint density at radius 1 is 0.348 bits per heavy atom. The zero-order valence-electron chi connectivity index (χ0n) is 49.3. The van der Waals surface area contributed by atoms with Crippen molar-refractivity contribution in [3.63, 3.8) is 0 Å². The second kappa shape index (κ2) is 10.2. The van der Waals surface area contributed by atoms with Crippen molar-refractivity contribution in [3.8, 4) is 0 Å². The quantitative estimate of drug-likeness (QED) is 0.0681. The zero-order valence-corrected chi connectivity index (χ0v) is 50.9. The van der Waals surface area contributed by atoms with Crippen LogP contribution in [0, 0.1) is 0 Å². The van der Waals surface area contributed by atoms with Crippen molar-refractivity contribution < 1.29 is 48.5 Å². The summed E-state index contributed by atoms with van der Waals surface area (Å²) in [4.78, 5) is 87.4. The molecule has 1 aliphatic heterocycles. The first kappa shape index (κ1) is 43.4. The zero-order chi connectivity index (χ0) is 58.5. The van der Waals surface area contributed by atoms with Gasteiger partial charge >= 0.3 is 0 Å². The number of carbonyl (C=O) groups is 2. The fraction of sp³-hybridized carbons (Fsp3) is 0.289. The minimum atomic E-state index is -2.64. The lowest BCUT2D eigenvalue weighted by molar-refractivity contribution is -0.436. The molecule has 21 aromatic carbocycles. The van der Waals surface area contributed by atoms with Crippen molar-refractivity contribution in [2.45, 2.75) is 138 Å². The van der Waals surface area contributed by atoms with Crippen molar-refractivity contribution >= 4 is 250 Å². The highest BCUT2D eigenvalue weighted by Gasteiger charge is 2.87. The number of alkyl halides is 2. The number of halogens is 2. The highest BCUT2D eigenvalue weighted by molar-refractivity contribution is 6.77. The van der Waals surface area contributed by atoms with E-state index in [0.717, 1.165) is 130 Å². The Kier molecular flexibility index (Phi) is 4.98. The van der Waals surface area contributed by atoms with Crippen LogP contribution in [0.25, 0.3) is 215 Å². The van der Waals surface area contributed by atoms with Crippen LogP contribution in [0.2, 0.25) is 0 Å². The number of carbonyl (C=O) groups excluding carboxylic acids is 2. The maximum atomic E-state index is 19.1. The number of ether oxygens (including phenoxy) is 1. The van der Waals surface area contributed by atoms with Gasteiger partial charge in [-0.25, -0.2) is 34.8 Å². The Balaban J connectivity index is 1.07. The van der Waals surface area contributed by atoms with Crippen LogP contribution in [0.15, 0.2) is 11.1 Å². The monoisotopic (exact) mass is 1190 g/mol. The lowest BCUT2D eigenvalue weighted by Gasteiger charge is -2.62. The van der Waals surface area contributed by atoms with E-state index in [1.165, 1.54) is 108 Å². The topological polar surface area (TPSA) is 120 Å². The predicted molar refractivity (Wildman–Crippen MR) is 344 cm³/mol. The first-order valence-electron chi connectivity index (χ1n) is 31.6. The summed E-state index contributed by atoms with van der Waals surface area (Å²) >= 11 is 19.2. The molecule has 6 atom stereocenters. The minimum Gasteiger partial charge on any atom is -0.326 e. The highest BCUT2D eigenvalue weighted by Crippen LogP contribution is 2.88. The maximum absolute atomic E-state index is 19.1. The van der Waals surface area contributed by atoms with Crippen LogP contribution in [-0.4, -0.2) is 39.7 Å². The third-order valence-corrected chi connectivity index (χ3v) is 26.6. The molecule has 9 aliphatic rings. The second-order valence-corrected chi connectivity index (χ2v) is 34.5. The number of ketones is 1. The molecule has 420 valence electrons. The molecule has 0 spiro atoms. The third kappa shape index (κ3) is 2.93. The van der Waals surface area contributed by atoms with Gasteiger partial charge in [0.15, 0.2) is 16.3 Å². The van der Waals surface area contributed by atoms with Crippen molar-refractivity contribution in [1.82, 2.24) is 5.48 Å². The van der Waals surface area contributed by atoms with E-state index >= 15 is 9.59 Å². The van der Waals surface area contributed by atoms with Gasteiger partial charge in [-0.1, -0.05) is 11.6 Å². The summed E-state index contributed by atoms with van der Waals surface area (Å²) in [7, 11) is 0. The van der Waals surface area contributed by atoms with Gasteiger partial charge in [-0.3, -0.25) is 14.4 Å². The molecule has 1 amide bonds. The maximum Gasteiger partial charge on any atom is 0.284 e. The predicted octanol–water partition coefficient (Wildman–Crippen LogP) is 17.6. The largest absolute Gasteiger partial charge is 0.326 e. The molecule has 89 heavy (non-hydrogen) atoms. The summed E-state index contributed by atoms with van der Waals surface area (Å²) in [5.74, 6) is -1.27. The van der Waals surface area contributed by atoms with Crippen LogP contribution >= 0.6 is 23.2 Å². The standard InChI is InChI=1S/C76H37Cl2NO10/c1-67(2,3)83-79-66(81)75-64-63-65(80)73(88-85-69(7,8)9)56-46-36-26-19-14-13-15-17-16(14)21-28(26)38-41-31(21)32-22(17)30-29-20(15)27-25-18(13)23-24(19)34(36)44-43-33(23)35(25)45-47-37(27)39(29)49-50-40(30)42(32)52-51(41)61(58(73)48(38)46)76(78,82-75)62(52)60(50)74(75,89-86-70(10,11)12)59(49)57(47)72(64,87-84-68(4,5)6)55(45)53(43)71(63,77)54(44)56/h1-12H3,(H,79,81)/t71-,72+,73-,74+,75+,76+/m1/s1. The van der Waals surface area contributed by atoms with Crippen molar-refractivity contribution in [1.29, 1.82) is 0 Å². The highest BCUT2D eigenvalue weighted by atomic mass is 35.5. The number of hydrogen-bond donors (Lipinski definition) is 1. The third-order valence-electron chi connectivity index (χ3n) is 25.6. The minimum absolute atomic E-state index is 0.0762. The average Bonchev–Trinajstić information content (AvgIpc) is 1.39. The van der Waals surface area contributed by atoms with E-state index < -0.39 is 66.4 Å². The number of hydroxylamine groups is 1. The van der Waals surface area contributed by atoms with Crippen LogP contribution in [0.3, 0.4) is 0 Å². The van der Waals surface area contributed by atoms with Gasteiger partial charge in [0.1, 0.15) is 4.87 Å². The number of hydrogen-bond acceptors (Lipinski definition) is 10. The van der Waals surface area contributed by atoms with Crippen LogP contribution in [0.4, 0.5) is 0 Å². The molecular weight excluding hydrogens is 1160 g/mol. The number of amides is 1. The molecule has 0 unspecified atom stereocenters. The van der Waals surface area contributed by atoms with E-state index in [4.69, 9.17) is 38.9 Å². The van der Waals surface area contributed by atoms with Crippen molar-refractivity contribution in [2.75, 3.05) is 0 Å². The smallest absolute Gasteiger partial charge is 0.284 e. The van der Waals surface area contributed by atoms with Crippen LogP contribution < -0.4 is 5.48 Å². The SMILES string of the molecule is CC(C)(C)ONC(=O)[C@]12O[C@@]3(Cl)c4c5c6c7c8c9c%10c%11c%12c%13c%14c%15c(c%16c%17c%18c(c3c3c4c4c6c6c%19c7c%10c7c%10c%11c%14c%11c%14c%15c%17c%15c%17c%18c3c3c4c6c4c(c7%19)c(c%10%11)c(c%14%15)c4c3%17)[C@@]%161OOC(C)(C)C)[C@]%13(OOC(C)(C)C)C2=C(C(=O)[C@]58OOC(C)(C)C)[C@]9%12Cl. The molecule has 0 fully saturated rings. The average molecular weight is 1200 g/mol. The van der Waals surface area contributed by atoms with Crippen molar-refractivity contribution in [3.05, 3.63) is 66.8 Å². The molecule has 0 saturated carbocycles. The molecule has 1 N–H and O–H groups in total. The Bertz CT molecular complexity index is 7430. The van der Waals surface area contributed by atoms with Gasteiger partial charge in [0, 0.05) is 55.7 Å². The Morgan fingerprint density at radius 2 is 0.618 bits per heavy atom. The van der Waals surface area contributed by atoms with Gasteiger partial charge < -0.3 is 4.74 Å². The summed E-state index contributed by atoms with van der Waals surface area (Å²) in [6.07, 6.45) is 0. The van der Waals surface area contributed by atoms with Gasteiger partial charge in [-0.2, -0.15) is 0 Å². The number of Topliss-reactive ketones (excluding diaryl/α,β-unsaturated/α-hetero) is 1. The summed E-state index contributed by atoms with van der Waals surface area (Å²) in [6.45, 7) is 23.3. The molecule has 13 heteroatoms. The number of rotatable bonds is 8. The van der Waals surface area contributed by atoms with E-state index in [1.807, 2.05) is 83.1 Å². The van der Waals surface area contributed by atoms with Crippen LogP contribution in [-0.2, 0) is 75.2 Å². The van der Waals surface area contributed by atoms with E-state index in [2.05, 4.69) is 5.48 Å². The first-order chi connectivity index (χ1) is 42.3. The lowest BCUT2D eigenvalue weighted by atomic mass is 9.50. The molecule has 0 bridgehead atoms. The van der Waals surface area contributed by atoms with E-state index in [9.17, 15) is 23.2 Å². The van der Waals surface area contributed by atoms with E-state index in [-0.39, 0.29) is 11.1 Å². The normalized spacial score (nSPS) is 28.4. The van der Waals surface area contributed by atoms with Crippen molar-refractivity contribution in [2.24, 2.45) is 0 Å². The first-order valence-corrected chi connectivity index (χ1v) is 32.3. The van der Waals surface area contributed by atoms with Gasteiger partial charge in [0.25, 0.3) is 5.91 Å². The molecule has 0 aromatic heterocycles. The number of fused-ring (bicyclic) bond motifs is 4. The van der Waals surface area contributed by atoms with Gasteiger partial charge in [0.05, 0.1) is 22.4 Å². The fourth-order valence-electron chi connectivity index (χ4n) is 24.8. The summed E-state index contributed by atoms with van der Waals surface area (Å²) in [5, 5.41) is 44.6.